The van der Waals surface area contributed by atoms with Crippen LogP contribution in [0.15, 0.2) is 59.6 Å². The lowest BCUT2D eigenvalue weighted by Gasteiger charge is -2.21. The van der Waals surface area contributed by atoms with E-state index < -0.39 is 0 Å². The first kappa shape index (κ1) is 22.2. The highest BCUT2D eigenvalue weighted by atomic mass is 16.5. The number of rotatable bonds is 10. The second-order valence-corrected chi connectivity index (χ2v) is 7.79. The van der Waals surface area contributed by atoms with Crippen molar-refractivity contribution in [1.29, 1.82) is 0 Å². The number of guanidine groups is 1. The Morgan fingerprint density at radius 3 is 2.77 bits per heavy atom. The smallest absolute Gasteiger partial charge is 0.193 e. The molecule has 2 aromatic carbocycles. The van der Waals surface area contributed by atoms with Gasteiger partial charge in [0.15, 0.2) is 5.96 Å². The molecule has 2 aromatic rings. The molecule has 0 bridgehead atoms. The molecule has 0 saturated carbocycles. The highest BCUT2D eigenvalue weighted by Gasteiger charge is 2.24. The zero-order chi connectivity index (χ0) is 21.0. The van der Waals surface area contributed by atoms with Gasteiger partial charge in [-0.15, -0.1) is 0 Å². The largest absolute Gasteiger partial charge is 0.497 e. The molecule has 0 amide bonds. The second-order valence-electron chi connectivity index (χ2n) is 7.79. The summed E-state index contributed by atoms with van der Waals surface area (Å²) >= 11 is 0. The van der Waals surface area contributed by atoms with Crippen molar-refractivity contribution in [2.45, 2.75) is 32.8 Å². The van der Waals surface area contributed by atoms with Crippen LogP contribution in [-0.2, 0) is 17.8 Å². The molecule has 1 saturated heterocycles. The summed E-state index contributed by atoms with van der Waals surface area (Å²) in [5.41, 5.74) is 2.53. The van der Waals surface area contributed by atoms with Crippen LogP contribution in [0.1, 0.15) is 30.9 Å². The number of hydrogen-bond acceptors (Lipinski definition) is 3. The number of hydrogen-bond donors (Lipinski definition) is 1. The molecule has 1 aliphatic heterocycles. The summed E-state index contributed by atoms with van der Waals surface area (Å²) < 4.78 is 11.3. The van der Waals surface area contributed by atoms with Gasteiger partial charge in [0.1, 0.15) is 5.75 Å². The van der Waals surface area contributed by atoms with Crippen molar-refractivity contribution < 1.29 is 9.47 Å². The quantitative estimate of drug-likeness (QED) is 0.364. The van der Waals surface area contributed by atoms with E-state index >= 15 is 0 Å². The van der Waals surface area contributed by atoms with Crippen LogP contribution in [-0.4, -0.2) is 50.8 Å². The molecule has 1 heterocycles. The first-order chi connectivity index (χ1) is 14.8. The number of methoxy groups -OCH3 is 1. The maximum Gasteiger partial charge on any atom is 0.193 e. The lowest BCUT2D eigenvalue weighted by atomic mass is 10.1. The number of nitrogens with one attached hydrogen (secondary N) is 1. The van der Waals surface area contributed by atoms with E-state index in [4.69, 9.17) is 14.5 Å². The zero-order valence-electron chi connectivity index (χ0n) is 18.3. The Bertz CT molecular complexity index is 779. The lowest BCUT2D eigenvalue weighted by Crippen LogP contribution is -2.40. The van der Waals surface area contributed by atoms with Crippen LogP contribution < -0.4 is 10.1 Å². The van der Waals surface area contributed by atoms with Gasteiger partial charge in [-0.2, -0.15) is 0 Å². The third-order valence-electron chi connectivity index (χ3n) is 5.40. The Labute approximate surface area is 181 Å². The van der Waals surface area contributed by atoms with E-state index in [1.165, 1.54) is 11.1 Å². The Hall–Kier alpha value is -2.53. The minimum Gasteiger partial charge on any atom is -0.497 e. The lowest BCUT2D eigenvalue weighted by molar-refractivity contribution is 0.0907. The fourth-order valence-corrected chi connectivity index (χ4v) is 3.80. The van der Waals surface area contributed by atoms with Gasteiger partial charge in [0.25, 0.3) is 0 Å². The van der Waals surface area contributed by atoms with Crippen molar-refractivity contribution in [2.24, 2.45) is 10.9 Å². The SMILES string of the molecule is CCNC(=NCCCc1cccc(OC)c1)N1CCC(COCc2ccccc2)C1. The number of nitrogens with zero attached hydrogens (tertiary/aromatic N) is 2. The van der Waals surface area contributed by atoms with Gasteiger partial charge in [0.05, 0.1) is 20.3 Å². The average Bonchev–Trinajstić information content (AvgIpc) is 3.25. The maximum atomic E-state index is 5.96. The topological polar surface area (TPSA) is 46.1 Å². The van der Waals surface area contributed by atoms with Crippen molar-refractivity contribution >= 4 is 5.96 Å². The van der Waals surface area contributed by atoms with Crippen LogP contribution in [0.2, 0.25) is 0 Å². The summed E-state index contributed by atoms with van der Waals surface area (Å²) in [6.07, 6.45) is 3.19. The van der Waals surface area contributed by atoms with Gasteiger partial charge >= 0.3 is 0 Å². The van der Waals surface area contributed by atoms with Gasteiger partial charge in [-0.1, -0.05) is 42.5 Å². The monoisotopic (exact) mass is 409 g/mol. The van der Waals surface area contributed by atoms with Gasteiger partial charge in [-0.05, 0) is 49.4 Å². The number of likely N-dealkylation sites (tertiary alicyclic amines) is 1. The molecule has 1 fully saturated rings. The standard InChI is InChI=1S/C25H35N3O2/c1-3-26-25(27-15-8-12-21-11-7-13-24(17-21)29-2)28-16-14-23(18-28)20-30-19-22-9-5-4-6-10-22/h4-7,9-11,13,17,23H,3,8,12,14-16,18-20H2,1-2H3,(H,26,27). The number of aliphatic imine (C=N–C) groups is 1. The third kappa shape index (κ3) is 7.06. The molecular weight excluding hydrogens is 374 g/mol. The van der Waals surface area contributed by atoms with Gasteiger partial charge in [0, 0.05) is 32.1 Å². The fourth-order valence-electron chi connectivity index (χ4n) is 3.80. The first-order valence-electron chi connectivity index (χ1n) is 11.1. The van der Waals surface area contributed by atoms with E-state index in [0.29, 0.717) is 12.5 Å². The Morgan fingerprint density at radius 2 is 1.97 bits per heavy atom. The second kappa shape index (κ2) is 12.2. The normalized spacial score (nSPS) is 16.7. The molecule has 1 aliphatic rings. The van der Waals surface area contributed by atoms with Crippen LogP contribution in [0, 0.1) is 5.92 Å². The summed E-state index contributed by atoms with van der Waals surface area (Å²) in [7, 11) is 1.71. The molecule has 162 valence electrons. The summed E-state index contributed by atoms with van der Waals surface area (Å²) in [5, 5.41) is 3.46. The first-order valence-corrected chi connectivity index (χ1v) is 11.1. The van der Waals surface area contributed by atoms with Gasteiger partial charge < -0.3 is 19.7 Å². The van der Waals surface area contributed by atoms with Crippen molar-refractivity contribution in [2.75, 3.05) is 39.9 Å². The highest BCUT2D eigenvalue weighted by Crippen LogP contribution is 2.18. The molecule has 3 rings (SSSR count). The van der Waals surface area contributed by atoms with E-state index in [0.717, 1.165) is 63.8 Å². The van der Waals surface area contributed by atoms with E-state index in [-0.39, 0.29) is 0 Å². The third-order valence-corrected chi connectivity index (χ3v) is 5.40. The maximum absolute atomic E-state index is 5.96. The number of ether oxygens (including phenoxy) is 2. The van der Waals surface area contributed by atoms with Crippen molar-refractivity contribution in [3.8, 4) is 5.75 Å². The summed E-state index contributed by atoms with van der Waals surface area (Å²) in [6.45, 7) is 7.39. The molecule has 0 spiro atoms. The van der Waals surface area contributed by atoms with Crippen molar-refractivity contribution in [1.82, 2.24) is 10.2 Å². The predicted molar refractivity (Wildman–Crippen MR) is 123 cm³/mol. The zero-order valence-corrected chi connectivity index (χ0v) is 18.3. The van der Waals surface area contributed by atoms with Crippen LogP contribution in [0.25, 0.3) is 0 Å². The van der Waals surface area contributed by atoms with Crippen LogP contribution in [0.4, 0.5) is 0 Å². The molecular formula is C25H35N3O2. The highest BCUT2D eigenvalue weighted by molar-refractivity contribution is 5.80. The summed E-state index contributed by atoms with van der Waals surface area (Å²) in [6, 6.07) is 18.7. The van der Waals surface area contributed by atoms with Crippen molar-refractivity contribution in [3.63, 3.8) is 0 Å². The summed E-state index contributed by atoms with van der Waals surface area (Å²) in [4.78, 5) is 7.26. The Morgan fingerprint density at radius 1 is 1.13 bits per heavy atom. The molecule has 30 heavy (non-hydrogen) atoms. The van der Waals surface area contributed by atoms with E-state index in [9.17, 15) is 0 Å². The molecule has 1 unspecified atom stereocenters. The molecule has 5 heteroatoms. The van der Waals surface area contributed by atoms with Gasteiger partial charge in [-0.3, -0.25) is 4.99 Å². The van der Waals surface area contributed by atoms with E-state index in [1.807, 2.05) is 18.2 Å². The molecule has 5 nitrogen and oxygen atoms in total. The Balaban J connectivity index is 1.42. The fraction of sp³-hybridized carbons (Fsp3) is 0.480. The van der Waals surface area contributed by atoms with Crippen LogP contribution >= 0.6 is 0 Å². The minimum absolute atomic E-state index is 0.564. The minimum atomic E-state index is 0.564. The molecule has 0 radical (unpaired) electrons. The predicted octanol–water partition coefficient (Wildman–Crippen LogP) is 4.13. The van der Waals surface area contributed by atoms with Crippen molar-refractivity contribution in [3.05, 3.63) is 65.7 Å². The molecule has 1 N–H and O–H groups in total. The van der Waals surface area contributed by atoms with Gasteiger partial charge in [0.2, 0.25) is 0 Å². The van der Waals surface area contributed by atoms with Crippen LogP contribution in [0.5, 0.6) is 5.75 Å². The van der Waals surface area contributed by atoms with E-state index in [2.05, 4.69) is 53.5 Å². The number of benzene rings is 2. The van der Waals surface area contributed by atoms with E-state index in [1.54, 1.807) is 7.11 Å². The molecule has 0 aromatic heterocycles. The summed E-state index contributed by atoms with van der Waals surface area (Å²) in [5.74, 6) is 2.52. The average molecular weight is 410 g/mol. The van der Waals surface area contributed by atoms with Gasteiger partial charge in [-0.25, -0.2) is 0 Å². The molecule has 0 aliphatic carbocycles. The number of aryl methyl sites for hydroxylation is 1. The van der Waals surface area contributed by atoms with Crippen LogP contribution in [0.3, 0.4) is 0 Å². The Kier molecular flexibility index (Phi) is 9.04. The molecule has 1 atom stereocenters.